The van der Waals surface area contributed by atoms with E-state index >= 15 is 0 Å². The van der Waals surface area contributed by atoms with Crippen LogP contribution in [-0.4, -0.2) is 14.8 Å². The van der Waals surface area contributed by atoms with E-state index in [0.717, 1.165) is 33.3 Å². The van der Waals surface area contributed by atoms with E-state index in [2.05, 4.69) is 23.7 Å². The van der Waals surface area contributed by atoms with Crippen LogP contribution in [0.2, 0.25) is 0 Å². The van der Waals surface area contributed by atoms with Gasteiger partial charge in [-0.1, -0.05) is 30.3 Å². The monoisotopic (exact) mass is 315 g/mol. The summed E-state index contributed by atoms with van der Waals surface area (Å²) in [5, 5.41) is 20.4. The molecule has 4 aromatic rings. The third kappa shape index (κ3) is 2.22. The Hall–Kier alpha value is -3.20. The summed E-state index contributed by atoms with van der Waals surface area (Å²) in [7, 11) is 2.05. The van der Waals surface area contributed by atoms with Crippen LogP contribution in [0.15, 0.2) is 72.8 Å². The lowest BCUT2D eigenvalue weighted by Gasteiger charge is -2.09. The molecule has 0 fully saturated rings. The van der Waals surface area contributed by atoms with E-state index in [1.807, 2.05) is 36.4 Å². The minimum absolute atomic E-state index is 0.253. The molecule has 3 nitrogen and oxygen atoms in total. The standard InChI is InChI=1S/C21H17NO2/c1-22-19-5-3-2-4-18(19)20(14-6-10-16(23)11-7-14)21(22)15-8-12-17(24)13-9-15/h2-13,23-24H,1H3. The highest BCUT2D eigenvalue weighted by molar-refractivity contribution is 6.04. The number of phenolic OH excluding ortho intramolecular Hbond substituents is 2. The fourth-order valence-electron chi connectivity index (χ4n) is 3.27. The van der Waals surface area contributed by atoms with E-state index in [-0.39, 0.29) is 11.5 Å². The van der Waals surface area contributed by atoms with Gasteiger partial charge < -0.3 is 14.8 Å². The van der Waals surface area contributed by atoms with Crippen molar-refractivity contribution >= 4 is 10.9 Å². The molecule has 3 heteroatoms. The van der Waals surface area contributed by atoms with Crippen LogP contribution >= 0.6 is 0 Å². The number of hydrogen-bond acceptors (Lipinski definition) is 2. The molecule has 4 rings (SSSR count). The molecule has 0 amide bonds. The minimum Gasteiger partial charge on any atom is -0.508 e. The molecule has 0 bridgehead atoms. The Balaban J connectivity index is 2.08. The van der Waals surface area contributed by atoms with Gasteiger partial charge in [0.2, 0.25) is 0 Å². The van der Waals surface area contributed by atoms with Crippen LogP contribution in [0, 0.1) is 0 Å². The number of aromatic nitrogens is 1. The van der Waals surface area contributed by atoms with Crippen LogP contribution in [0.4, 0.5) is 0 Å². The smallest absolute Gasteiger partial charge is 0.115 e. The Kier molecular flexibility index (Phi) is 3.28. The van der Waals surface area contributed by atoms with Crippen LogP contribution < -0.4 is 0 Å². The molecule has 2 N–H and O–H groups in total. The summed E-state index contributed by atoms with van der Waals surface area (Å²) in [6.45, 7) is 0. The van der Waals surface area contributed by atoms with Crippen molar-refractivity contribution in [1.82, 2.24) is 4.57 Å². The molecule has 0 saturated carbocycles. The fourth-order valence-corrected chi connectivity index (χ4v) is 3.27. The molecule has 1 heterocycles. The largest absolute Gasteiger partial charge is 0.508 e. The highest BCUT2D eigenvalue weighted by Crippen LogP contribution is 2.40. The summed E-state index contributed by atoms with van der Waals surface area (Å²) < 4.78 is 2.17. The quantitative estimate of drug-likeness (QED) is 0.551. The summed E-state index contributed by atoms with van der Waals surface area (Å²) in [4.78, 5) is 0. The first kappa shape index (κ1) is 14.4. The molecule has 0 unspecified atom stereocenters. The first-order chi connectivity index (χ1) is 11.6. The zero-order valence-corrected chi connectivity index (χ0v) is 13.3. The van der Waals surface area contributed by atoms with Crippen molar-refractivity contribution in [2.24, 2.45) is 7.05 Å². The van der Waals surface area contributed by atoms with Crippen LogP contribution in [0.5, 0.6) is 11.5 Å². The Morgan fingerprint density at radius 2 is 1.21 bits per heavy atom. The van der Waals surface area contributed by atoms with Gasteiger partial charge in [0.25, 0.3) is 0 Å². The van der Waals surface area contributed by atoms with Crippen LogP contribution in [-0.2, 0) is 7.05 Å². The van der Waals surface area contributed by atoms with Crippen molar-refractivity contribution in [3.05, 3.63) is 72.8 Å². The van der Waals surface area contributed by atoms with Gasteiger partial charge in [-0.05, 0) is 53.6 Å². The third-order valence-electron chi connectivity index (χ3n) is 4.40. The number of benzene rings is 3. The number of nitrogens with zero attached hydrogens (tertiary/aromatic N) is 1. The van der Waals surface area contributed by atoms with Crippen LogP contribution in [0.3, 0.4) is 0 Å². The molecule has 0 radical (unpaired) electrons. The van der Waals surface area contributed by atoms with Gasteiger partial charge in [-0.3, -0.25) is 0 Å². The predicted octanol–water partition coefficient (Wildman–Crippen LogP) is 4.92. The molecule has 0 aliphatic carbocycles. The number of hydrogen-bond donors (Lipinski definition) is 2. The molecule has 0 spiro atoms. The number of rotatable bonds is 2. The van der Waals surface area contributed by atoms with Gasteiger partial charge in [0.05, 0.1) is 5.69 Å². The second-order valence-corrected chi connectivity index (χ2v) is 5.89. The second-order valence-electron chi connectivity index (χ2n) is 5.89. The Bertz CT molecular complexity index is 1010. The molecular formula is C21H17NO2. The third-order valence-corrected chi connectivity index (χ3v) is 4.40. The Morgan fingerprint density at radius 1 is 0.667 bits per heavy atom. The summed E-state index contributed by atoms with van der Waals surface area (Å²) in [6.07, 6.45) is 0. The minimum atomic E-state index is 0.253. The van der Waals surface area contributed by atoms with Gasteiger partial charge in [0.1, 0.15) is 11.5 Å². The van der Waals surface area contributed by atoms with Gasteiger partial charge in [-0.25, -0.2) is 0 Å². The lowest BCUT2D eigenvalue weighted by molar-refractivity contribution is 0.475. The molecule has 3 aromatic carbocycles. The number of fused-ring (bicyclic) bond motifs is 1. The molecule has 0 aliphatic heterocycles. The van der Waals surface area contributed by atoms with Crippen LogP contribution in [0.25, 0.3) is 33.3 Å². The summed E-state index contributed by atoms with van der Waals surface area (Å²) in [5.74, 6) is 0.508. The molecule has 1 aromatic heterocycles. The maximum atomic E-state index is 9.61. The molecule has 118 valence electrons. The van der Waals surface area contributed by atoms with Gasteiger partial charge >= 0.3 is 0 Å². The second kappa shape index (κ2) is 5.46. The van der Waals surface area contributed by atoms with Crippen molar-refractivity contribution < 1.29 is 10.2 Å². The molecule has 24 heavy (non-hydrogen) atoms. The summed E-state index contributed by atoms with van der Waals surface area (Å²) in [6, 6.07) is 22.8. The summed E-state index contributed by atoms with van der Waals surface area (Å²) >= 11 is 0. The number of phenols is 2. The van der Waals surface area contributed by atoms with E-state index in [1.54, 1.807) is 24.3 Å². The first-order valence-electron chi connectivity index (χ1n) is 7.81. The lowest BCUT2D eigenvalue weighted by Crippen LogP contribution is -1.92. The van der Waals surface area contributed by atoms with E-state index < -0.39 is 0 Å². The highest BCUT2D eigenvalue weighted by atomic mass is 16.3. The Labute approximate surface area is 140 Å². The molecule has 0 atom stereocenters. The van der Waals surface area contributed by atoms with Crippen molar-refractivity contribution in [3.63, 3.8) is 0 Å². The summed E-state index contributed by atoms with van der Waals surface area (Å²) in [5.41, 5.74) is 5.44. The first-order valence-corrected chi connectivity index (χ1v) is 7.81. The van der Waals surface area contributed by atoms with Gasteiger partial charge in [-0.15, -0.1) is 0 Å². The molecule has 0 saturated heterocycles. The molecule has 0 aliphatic rings. The topological polar surface area (TPSA) is 45.4 Å². The van der Waals surface area contributed by atoms with Crippen molar-refractivity contribution in [1.29, 1.82) is 0 Å². The van der Waals surface area contributed by atoms with Crippen LogP contribution in [0.1, 0.15) is 0 Å². The number of para-hydroxylation sites is 1. The average molecular weight is 315 g/mol. The van der Waals surface area contributed by atoms with E-state index in [1.165, 1.54) is 0 Å². The maximum Gasteiger partial charge on any atom is 0.115 e. The maximum absolute atomic E-state index is 9.61. The van der Waals surface area contributed by atoms with E-state index in [9.17, 15) is 10.2 Å². The van der Waals surface area contributed by atoms with Crippen molar-refractivity contribution in [2.75, 3.05) is 0 Å². The van der Waals surface area contributed by atoms with E-state index in [0.29, 0.717) is 0 Å². The van der Waals surface area contributed by atoms with Gasteiger partial charge in [0, 0.05) is 23.5 Å². The highest BCUT2D eigenvalue weighted by Gasteiger charge is 2.17. The molecular weight excluding hydrogens is 298 g/mol. The van der Waals surface area contributed by atoms with E-state index in [4.69, 9.17) is 0 Å². The fraction of sp³-hybridized carbons (Fsp3) is 0.0476. The number of aromatic hydroxyl groups is 2. The average Bonchev–Trinajstić information content (AvgIpc) is 2.90. The SMILES string of the molecule is Cn1c(-c2ccc(O)cc2)c(-c2ccc(O)cc2)c2ccccc21. The predicted molar refractivity (Wildman–Crippen MR) is 97.1 cm³/mol. The number of aryl methyl sites for hydroxylation is 1. The van der Waals surface area contributed by atoms with Gasteiger partial charge in [0.15, 0.2) is 0 Å². The normalized spacial score (nSPS) is 11.0. The Morgan fingerprint density at radius 3 is 1.83 bits per heavy atom. The zero-order chi connectivity index (χ0) is 16.7. The van der Waals surface area contributed by atoms with Gasteiger partial charge in [-0.2, -0.15) is 0 Å². The van der Waals surface area contributed by atoms with Crippen molar-refractivity contribution in [2.45, 2.75) is 0 Å². The lowest BCUT2D eigenvalue weighted by atomic mass is 9.98. The van der Waals surface area contributed by atoms with Crippen molar-refractivity contribution in [3.8, 4) is 33.9 Å². The zero-order valence-electron chi connectivity index (χ0n) is 13.3.